The Hall–Kier alpha value is -1.75. The van der Waals surface area contributed by atoms with Crippen molar-refractivity contribution in [1.29, 1.82) is 0 Å². The number of hydrogen-bond acceptors (Lipinski definition) is 3. The van der Waals surface area contributed by atoms with Gasteiger partial charge < -0.3 is 9.88 Å². The van der Waals surface area contributed by atoms with E-state index in [1.54, 1.807) is 13.0 Å². The zero-order chi connectivity index (χ0) is 15.0. The monoisotopic (exact) mass is 288 g/mol. The summed E-state index contributed by atoms with van der Waals surface area (Å²) in [6.45, 7) is 6.90. The minimum atomic E-state index is -0.155. The molecular weight excluding hydrogens is 267 g/mol. The first-order chi connectivity index (χ1) is 10.1. The maximum atomic E-state index is 13.7. The van der Waals surface area contributed by atoms with Gasteiger partial charge in [-0.1, -0.05) is 12.1 Å². The summed E-state index contributed by atoms with van der Waals surface area (Å²) >= 11 is 0. The van der Waals surface area contributed by atoms with Crippen LogP contribution in [0.1, 0.15) is 55.1 Å². The minimum Gasteiger partial charge on any atom is -0.314 e. The van der Waals surface area contributed by atoms with Crippen LogP contribution in [0.3, 0.4) is 0 Å². The first-order valence-electron chi connectivity index (χ1n) is 7.50. The summed E-state index contributed by atoms with van der Waals surface area (Å²) < 4.78 is 15.9. The van der Waals surface area contributed by atoms with Crippen LogP contribution >= 0.6 is 0 Å². The molecule has 4 nitrogen and oxygen atoms in total. The van der Waals surface area contributed by atoms with Crippen LogP contribution in [0, 0.1) is 12.7 Å². The van der Waals surface area contributed by atoms with E-state index in [1.807, 2.05) is 19.1 Å². The van der Waals surface area contributed by atoms with Crippen LogP contribution in [0.15, 0.2) is 18.2 Å². The van der Waals surface area contributed by atoms with E-state index in [0.29, 0.717) is 5.56 Å². The second-order valence-electron chi connectivity index (χ2n) is 5.85. The topological polar surface area (TPSA) is 42.7 Å². The summed E-state index contributed by atoms with van der Waals surface area (Å²) in [5.41, 5.74) is 1.63. The Balaban J connectivity index is 1.74. The summed E-state index contributed by atoms with van der Waals surface area (Å²) in [6.07, 6.45) is 2.15. The smallest absolute Gasteiger partial charge is 0.149 e. The lowest BCUT2D eigenvalue weighted by atomic mass is 10.1. The molecule has 5 heteroatoms. The van der Waals surface area contributed by atoms with Crippen molar-refractivity contribution in [2.45, 2.75) is 52.2 Å². The van der Waals surface area contributed by atoms with E-state index in [1.165, 1.54) is 0 Å². The number of halogens is 1. The van der Waals surface area contributed by atoms with Crippen LogP contribution in [0.4, 0.5) is 4.39 Å². The molecule has 21 heavy (non-hydrogen) atoms. The average Bonchev–Trinajstić information content (AvgIpc) is 3.04. The molecular formula is C16H21FN4. The molecule has 0 fully saturated rings. The Labute approximate surface area is 124 Å². The molecule has 1 aliphatic rings. The number of rotatable bonds is 4. The van der Waals surface area contributed by atoms with Gasteiger partial charge in [0.2, 0.25) is 0 Å². The predicted octanol–water partition coefficient (Wildman–Crippen LogP) is 3.08. The van der Waals surface area contributed by atoms with E-state index in [-0.39, 0.29) is 17.9 Å². The lowest BCUT2D eigenvalue weighted by Crippen LogP contribution is -2.25. The highest BCUT2D eigenvalue weighted by Crippen LogP contribution is 2.23. The van der Waals surface area contributed by atoms with Crippen LogP contribution < -0.4 is 5.32 Å². The maximum absolute atomic E-state index is 13.7. The van der Waals surface area contributed by atoms with Gasteiger partial charge in [-0.15, -0.1) is 10.2 Å². The van der Waals surface area contributed by atoms with E-state index < -0.39 is 0 Å². The van der Waals surface area contributed by atoms with E-state index in [0.717, 1.165) is 36.6 Å². The van der Waals surface area contributed by atoms with Crippen molar-refractivity contribution in [2.75, 3.05) is 0 Å². The molecule has 1 aromatic heterocycles. The van der Waals surface area contributed by atoms with Crippen LogP contribution in [-0.4, -0.2) is 14.8 Å². The van der Waals surface area contributed by atoms with Crippen molar-refractivity contribution >= 4 is 0 Å². The van der Waals surface area contributed by atoms with E-state index in [9.17, 15) is 4.39 Å². The number of fused-ring (bicyclic) bond motifs is 1. The van der Waals surface area contributed by atoms with Crippen molar-refractivity contribution in [3.05, 3.63) is 46.8 Å². The lowest BCUT2D eigenvalue weighted by molar-refractivity contribution is 0.458. The molecule has 3 rings (SSSR count). The molecule has 0 bridgehead atoms. The van der Waals surface area contributed by atoms with Gasteiger partial charge in [-0.3, -0.25) is 0 Å². The Morgan fingerprint density at radius 2 is 2.05 bits per heavy atom. The van der Waals surface area contributed by atoms with Gasteiger partial charge >= 0.3 is 0 Å². The largest absolute Gasteiger partial charge is 0.314 e. The third kappa shape index (κ3) is 2.70. The van der Waals surface area contributed by atoms with Gasteiger partial charge in [-0.2, -0.15) is 0 Å². The lowest BCUT2D eigenvalue weighted by Gasteiger charge is -2.20. The Kier molecular flexibility index (Phi) is 3.76. The third-order valence-electron chi connectivity index (χ3n) is 4.22. The highest BCUT2D eigenvalue weighted by molar-refractivity contribution is 5.25. The van der Waals surface area contributed by atoms with Crippen LogP contribution in [-0.2, 0) is 13.0 Å². The molecule has 112 valence electrons. The maximum Gasteiger partial charge on any atom is 0.149 e. The van der Waals surface area contributed by atoms with Gasteiger partial charge in [0.25, 0.3) is 0 Å². The minimum absolute atomic E-state index is 0.0597. The van der Waals surface area contributed by atoms with Crippen molar-refractivity contribution in [2.24, 2.45) is 0 Å². The summed E-state index contributed by atoms with van der Waals surface area (Å²) in [7, 11) is 0. The summed E-state index contributed by atoms with van der Waals surface area (Å²) in [5.74, 6) is 1.90. The standard InChI is InChI=1S/C16H21FN4/c1-10-6-7-13(9-14(10)17)11(2)18-12(3)16-20-19-15-5-4-8-21(15)16/h6-7,9,11-12,18H,4-5,8H2,1-3H3. The second kappa shape index (κ2) is 5.56. The first kappa shape index (κ1) is 14.2. The highest BCUT2D eigenvalue weighted by atomic mass is 19.1. The molecule has 0 amide bonds. The molecule has 2 atom stereocenters. The van der Waals surface area contributed by atoms with Gasteiger partial charge in [0.15, 0.2) is 0 Å². The molecule has 2 aromatic rings. The van der Waals surface area contributed by atoms with Gasteiger partial charge in [-0.25, -0.2) is 4.39 Å². The second-order valence-corrected chi connectivity index (χ2v) is 5.85. The number of nitrogens with zero attached hydrogens (tertiary/aromatic N) is 3. The first-order valence-corrected chi connectivity index (χ1v) is 7.50. The van der Waals surface area contributed by atoms with Crippen LogP contribution in [0.25, 0.3) is 0 Å². The number of nitrogens with one attached hydrogen (secondary N) is 1. The van der Waals surface area contributed by atoms with Gasteiger partial charge in [0.1, 0.15) is 17.5 Å². The molecule has 1 aromatic carbocycles. The molecule has 0 saturated carbocycles. The molecule has 1 N–H and O–H groups in total. The van der Waals surface area contributed by atoms with Crippen molar-refractivity contribution in [3.63, 3.8) is 0 Å². The molecule has 1 aliphatic heterocycles. The fourth-order valence-corrected chi connectivity index (χ4v) is 2.92. The van der Waals surface area contributed by atoms with Gasteiger partial charge in [-0.05, 0) is 44.4 Å². The zero-order valence-electron chi connectivity index (χ0n) is 12.7. The van der Waals surface area contributed by atoms with Crippen molar-refractivity contribution < 1.29 is 4.39 Å². The molecule has 0 aliphatic carbocycles. The number of hydrogen-bond donors (Lipinski definition) is 1. The summed E-state index contributed by atoms with van der Waals surface area (Å²) in [4.78, 5) is 0. The highest BCUT2D eigenvalue weighted by Gasteiger charge is 2.22. The number of aromatic nitrogens is 3. The molecule has 2 unspecified atom stereocenters. The van der Waals surface area contributed by atoms with Crippen LogP contribution in [0.2, 0.25) is 0 Å². The Morgan fingerprint density at radius 3 is 2.81 bits per heavy atom. The van der Waals surface area contributed by atoms with Gasteiger partial charge in [0, 0.05) is 19.0 Å². The van der Waals surface area contributed by atoms with Crippen LogP contribution in [0.5, 0.6) is 0 Å². The van der Waals surface area contributed by atoms with E-state index in [2.05, 4.69) is 27.0 Å². The third-order valence-corrected chi connectivity index (χ3v) is 4.22. The zero-order valence-corrected chi connectivity index (χ0v) is 12.7. The SMILES string of the molecule is Cc1ccc(C(C)NC(C)c2nnc3n2CCC3)cc1F. The fourth-order valence-electron chi connectivity index (χ4n) is 2.92. The molecule has 2 heterocycles. The quantitative estimate of drug-likeness (QED) is 0.940. The number of benzene rings is 1. The average molecular weight is 288 g/mol. The fraction of sp³-hybridized carbons (Fsp3) is 0.500. The summed E-state index contributed by atoms with van der Waals surface area (Å²) in [6, 6.07) is 5.54. The Bertz CT molecular complexity index is 650. The molecule has 0 spiro atoms. The van der Waals surface area contributed by atoms with Crippen molar-refractivity contribution in [3.8, 4) is 0 Å². The molecule has 0 radical (unpaired) electrons. The Morgan fingerprint density at radius 1 is 1.24 bits per heavy atom. The van der Waals surface area contributed by atoms with E-state index in [4.69, 9.17) is 0 Å². The van der Waals surface area contributed by atoms with Gasteiger partial charge in [0.05, 0.1) is 6.04 Å². The van der Waals surface area contributed by atoms with Crippen molar-refractivity contribution in [1.82, 2.24) is 20.1 Å². The molecule has 0 saturated heterocycles. The normalized spacial score (nSPS) is 16.8. The summed E-state index contributed by atoms with van der Waals surface area (Å²) in [5, 5.41) is 12.0. The van der Waals surface area contributed by atoms with E-state index >= 15 is 0 Å². The number of aryl methyl sites for hydroxylation is 2. The predicted molar refractivity (Wildman–Crippen MR) is 79.4 cm³/mol.